The minimum Gasteiger partial charge on any atom is -0.462 e. The van der Waals surface area contributed by atoms with E-state index in [0.29, 0.717) is 19.3 Å². The van der Waals surface area contributed by atoms with E-state index >= 15 is 0 Å². The van der Waals surface area contributed by atoms with E-state index in [4.69, 9.17) is 14.2 Å². The smallest absolute Gasteiger partial charge is 0.306 e. The van der Waals surface area contributed by atoms with E-state index < -0.39 is 6.10 Å². The van der Waals surface area contributed by atoms with Gasteiger partial charge in [0.1, 0.15) is 13.2 Å². The van der Waals surface area contributed by atoms with E-state index in [0.717, 1.165) is 64.2 Å². The summed E-state index contributed by atoms with van der Waals surface area (Å²) in [7, 11) is 0. The van der Waals surface area contributed by atoms with Crippen molar-refractivity contribution in [1.29, 1.82) is 0 Å². The second kappa shape index (κ2) is 54.8. The molecule has 0 heterocycles. The number of ether oxygens (including phenoxy) is 3. The molecule has 0 fully saturated rings. The molecular weight excluding hydrogens is 805 g/mol. The third-order valence-corrected chi connectivity index (χ3v) is 13.3. The van der Waals surface area contributed by atoms with Crippen LogP contribution in [0.1, 0.15) is 329 Å². The first kappa shape index (κ1) is 63.1. The highest BCUT2D eigenvalue weighted by molar-refractivity contribution is 5.71. The van der Waals surface area contributed by atoms with Crippen molar-refractivity contribution in [3.05, 3.63) is 12.2 Å². The van der Waals surface area contributed by atoms with Gasteiger partial charge in [-0.2, -0.15) is 0 Å². The molecule has 1 unspecified atom stereocenters. The van der Waals surface area contributed by atoms with Crippen molar-refractivity contribution in [1.82, 2.24) is 0 Å². The van der Waals surface area contributed by atoms with Gasteiger partial charge in [0.05, 0.1) is 0 Å². The molecule has 0 amide bonds. The second-order valence-electron chi connectivity index (χ2n) is 19.9. The van der Waals surface area contributed by atoms with E-state index in [1.807, 2.05) is 0 Å². The molecule has 0 rings (SSSR count). The number of carbonyl (C=O) groups is 3. The summed E-state index contributed by atoms with van der Waals surface area (Å²) in [5, 5.41) is 0. The van der Waals surface area contributed by atoms with Gasteiger partial charge < -0.3 is 14.2 Å². The summed E-state index contributed by atoms with van der Waals surface area (Å²) in [5.74, 6) is -0.867. The second-order valence-corrected chi connectivity index (χ2v) is 19.9. The van der Waals surface area contributed by atoms with E-state index in [1.165, 1.54) is 225 Å². The summed E-state index contributed by atoms with van der Waals surface area (Å²) in [6, 6.07) is 0. The third-order valence-electron chi connectivity index (χ3n) is 13.3. The standard InChI is InChI=1S/C59H112O6/c1-4-7-10-13-16-18-20-22-23-24-25-26-27-28-29-30-31-32-33-34-35-36-37-39-40-43-46-49-52-58(61)64-55-56(54-63-57(60)51-48-45-42-15-12-9-6-3)65-59(62)53-50-47-44-41-38-21-19-17-14-11-8-5-2/h17,19,56H,4-16,18,20-55H2,1-3H3/b19-17-. The van der Waals surface area contributed by atoms with E-state index in [1.54, 1.807) is 0 Å². The Bertz CT molecular complexity index is 1010. The lowest BCUT2D eigenvalue weighted by molar-refractivity contribution is -0.167. The lowest BCUT2D eigenvalue weighted by atomic mass is 10.0. The van der Waals surface area contributed by atoms with Crippen LogP contribution in [0.25, 0.3) is 0 Å². The Kier molecular flexibility index (Phi) is 53.2. The first-order chi connectivity index (χ1) is 32.0. The molecule has 384 valence electrons. The van der Waals surface area contributed by atoms with E-state index in [9.17, 15) is 14.4 Å². The molecule has 0 saturated carbocycles. The first-order valence-corrected chi connectivity index (χ1v) is 29.2. The topological polar surface area (TPSA) is 78.9 Å². The van der Waals surface area contributed by atoms with Gasteiger partial charge in [0.2, 0.25) is 0 Å². The molecule has 0 aromatic rings. The minimum absolute atomic E-state index is 0.0687. The third kappa shape index (κ3) is 53.0. The number of rotatable bonds is 54. The molecule has 0 aliphatic carbocycles. The maximum atomic E-state index is 12.7. The fraction of sp³-hybridized carbons (Fsp3) is 0.915. The Morgan fingerprint density at radius 2 is 0.508 bits per heavy atom. The van der Waals surface area contributed by atoms with Crippen molar-refractivity contribution in [3.63, 3.8) is 0 Å². The van der Waals surface area contributed by atoms with Gasteiger partial charge in [0.25, 0.3) is 0 Å². The van der Waals surface area contributed by atoms with Crippen LogP contribution < -0.4 is 0 Å². The molecule has 0 saturated heterocycles. The molecular formula is C59H112O6. The number of unbranched alkanes of at least 4 members (excludes halogenated alkanes) is 41. The van der Waals surface area contributed by atoms with Crippen LogP contribution in [0.5, 0.6) is 0 Å². The number of allylic oxidation sites excluding steroid dienone is 2. The van der Waals surface area contributed by atoms with Crippen molar-refractivity contribution in [2.75, 3.05) is 13.2 Å². The van der Waals surface area contributed by atoms with Crippen LogP contribution in [-0.2, 0) is 28.6 Å². The quantitative estimate of drug-likeness (QED) is 0.0262. The highest BCUT2D eigenvalue weighted by Gasteiger charge is 2.19. The normalized spacial score (nSPS) is 12.0. The molecule has 0 aliphatic heterocycles. The van der Waals surface area contributed by atoms with Crippen LogP contribution in [0.4, 0.5) is 0 Å². The largest absolute Gasteiger partial charge is 0.462 e. The lowest BCUT2D eigenvalue weighted by Crippen LogP contribution is -2.30. The molecule has 6 heteroatoms. The Morgan fingerprint density at radius 1 is 0.292 bits per heavy atom. The Balaban J connectivity index is 3.97. The summed E-state index contributed by atoms with van der Waals surface area (Å²) in [4.78, 5) is 37.8. The van der Waals surface area contributed by atoms with Gasteiger partial charge in [-0.25, -0.2) is 0 Å². The van der Waals surface area contributed by atoms with Crippen molar-refractivity contribution >= 4 is 17.9 Å². The number of hydrogen-bond acceptors (Lipinski definition) is 6. The zero-order valence-corrected chi connectivity index (χ0v) is 44.0. The Morgan fingerprint density at radius 3 is 0.800 bits per heavy atom. The molecule has 6 nitrogen and oxygen atoms in total. The highest BCUT2D eigenvalue weighted by Crippen LogP contribution is 2.18. The first-order valence-electron chi connectivity index (χ1n) is 29.2. The molecule has 65 heavy (non-hydrogen) atoms. The molecule has 0 bridgehead atoms. The van der Waals surface area contributed by atoms with E-state index in [-0.39, 0.29) is 31.1 Å². The summed E-state index contributed by atoms with van der Waals surface area (Å²) in [6.07, 6.45) is 62.5. The molecule has 0 aromatic carbocycles. The zero-order valence-electron chi connectivity index (χ0n) is 44.0. The predicted molar refractivity (Wildman–Crippen MR) is 280 cm³/mol. The van der Waals surface area contributed by atoms with Gasteiger partial charge in [-0.3, -0.25) is 14.4 Å². The molecule has 0 radical (unpaired) electrons. The van der Waals surface area contributed by atoms with Crippen LogP contribution in [0.2, 0.25) is 0 Å². The van der Waals surface area contributed by atoms with Gasteiger partial charge in [-0.15, -0.1) is 0 Å². The van der Waals surface area contributed by atoms with Crippen LogP contribution in [-0.4, -0.2) is 37.2 Å². The Labute approximate surface area is 405 Å². The average molecular weight is 918 g/mol. The summed E-state index contributed by atoms with van der Waals surface area (Å²) in [5.41, 5.74) is 0. The maximum Gasteiger partial charge on any atom is 0.306 e. The average Bonchev–Trinajstić information content (AvgIpc) is 3.30. The monoisotopic (exact) mass is 917 g/mol. The zero-order chi connectivity index (χ0) is 47.2. The fourth-order valence-corrected chi connectivity index (χ4v) is 8.85. The van der Waals surface area contributed by atoms with Gasteiger partial charge in [0.15, 0.2) is 6.10 Å². The van der Waals surface area contributed by atoms with Crippen molar-refractivity contribution in [2.45, 2.75) is 335 Å². The van der Waals surface area contributed by atoms with Crippen LogP contribution in [0.3, 0.4) is 0 Å². The fourth-order valence-electron chi connectivity index (χ4n) is 8.85. The molecule has 1 atom stereocenters. The van der Waals surface area contributed by atoms with E-state index in [2.05, 4.69) is 32.9 Å². The summed E-state index contributed by atoms with van der Waals surface area (Å²) in [6.45, 7) is 6.61. The minimum atomic E-state index is -0.766. The van der Waals surface area contributed by atoms with Crippen molar-refractivity contribution in [3.8, 4) is 0 Å². The van der Waals surface area contributed by atoms with Crippen LogP contribution in [0, 0.1) is 0 Å². The van der Waals surface area contributed by atoms with Crippen LogP contribution >= 0.6 is 0 Å². The van der Waals surface area contributed by atoms with Gasteiger partial charge >= 0.3 is 17.9 Å². The Hall–Kier alpha value is -1.85. The van der Waals surface area contributed by atoms with Gasteiger partial charge in [0, 0.05) is 19.3 Å². The molecule has 0 spiro atoms. The lowest BCUT2D eigenvalue weighted by Gasteiger charge is -2.18. The highest BCUT2D eigenvalue weighted by atomic mass is 16.6. The van der Waals surface area contributed by atoms with Crippen LogP contribution in [0.15, 0.2) is 12.2 Å². The summed E-state index contributed by atoms with van der Waals surface area (Å²) >= 11 is 0. The maximum absolute atomic E-state index is 12.7. The SMILES string of the molecule is CCCCC/C=C\CCCCCCCC(=O)OC(COC(=O)CCCCCCCCC)COC(=O)CCCCCCCCCCCCCCCCCCCCCCCCCCCCCC. The number of esters is 3. The van der Waals surface area contributed by atoms with Crippen molar-refractivity contribution in [2.24, 2.45) is 0 Å². The molecule has 0 N–H and O–H groups in total. The summed E-state index contributed by atoms with van der Waals surface area (Å²) < 4.78 is 16.7. The number of carbonyl (C=O) groups excluding carboxylic acids is 3. The van der Waals surface area contributed by atoms with Gasteiger partial charge in [-0.1, -0.05) is 277 Å². The molecule has 0 aromatic heterocycles. The predicted octanol–water partition coefficient (Wildman–Crippen LogP) is 19.3. The number of hydrogen-bond donors (Lipinski definition) is 0. The van der Waals surface area contributed by atoms with Gasteiger partial charge in [-0.05, 0) is 44.9 Å². The van der Waals surface area contributed by atoms with Crippen molar-refractivity contribution < 1.29 is 28.6 Å². The molecule has 0 aliphatic rings.